The van der Waals surface area contributed by atoms with Crippen LogP contribution < -0.4 is 0 Å². The fourth-order valence-corrected chi connectivity index (χ4v) is 3.78. The van der Waals surface area contributed by atoms with Crippen LogP contribution in [0, 0.1) is 0 Å². The van der Waals surface area contributed by atoms with Gasteiger partial charge < -0.3 is 4.90 Å². The highest BCUT2D eigenvalue weighted by molar-refractivity contribution is 7.09. The minimum Gasteiger partial charge on any atom is -0.335 e. The van der Waals surface area contributed by atoms with Crippen molar-refractivity contribution in [3.63, 3.8) is 0 Å². The lowest BCUT2D eigenvalue weighted by molar-refractivity contribution is 0.0694. The molecular weight excluding hydrogens is 296 g/mol. The monoisotopic (exact) mass is 316 g/mol. The van der Waals surface area contributed by atoms with Gasteiger partial charge in [-0.2, -0.15) is 0 Å². The highest BCUT2D eigenvalue weighted by atomic mass is 32.1. The Morgan fingerprint density at radius 3 is 2.82 bits per heavy atom. The van der Waals surface area contributed by atoms with Crippen molar-refractivity contribution >= 4 is 17.2 Å². The molecular formula is C16H20N4OS. The van der Waals surface area contributed by atoms with Gasteiger partial charge in [-0.1, -0.05) is 13.8 Å². The zero-order valence-corrected chi connectivity index (χ0v) is 13.7. The minimum absolute atomic E-state index is 0.0778. The summed E-state index contributed by atoms with van der Waals surface area (Å²) < 4.78 is 0. The molecule has 0 radical (unpaired) electrons. The predicted molar refractivity (Wildman–Crippen MR) is 86.1 cm³/mol. The fraction of sp³-hybridized carbons (Fsp3) is 0.500. The Morgan fingerprint density at radius 1 is 1.36 bits per heavy atom. The van der Waals surface area contributed by atoms with Gasteiger partial charge in [-0.05, 0) is 24.8 Å². The van der Waals surface area contributed by atoms with Crippen LogP contribution >= 0.6 is 11.3 Å². The molecule has 1 saturated heterocycles. The Hall–Kier alpha value is -1.82. The standard InChI is InChI=1S/C16H20N4OS/c1-11(2)13-10-22-15(19-13)12-5-3-8-20(9-12)16(21)14-17-6-4-7-18-14/h4,6-7,10-12H,3,5,8-9H2,1-2H3. The maximum absolute atomic E-state index is 12.5. The number of thiazole rings is 1. The highest BCUT2D eigenvalue weighted by Gasteiger charge is 2.28. The summed E-state index contributed by atoms with van der Waals surface area (Å²) in [7, 11) is 0. The first-order valence-corrected chi connectivity index (χ1v) is 8.54. The van der Waals surface area contributed by atoms with Crippen molar-refractivity contribution in [3.8, 4) is 0 Å². The molecule has 2 aromatic heterocycles. The van der Waals surface area contributed by atoms with Crippen LogP contribution in [-0.4, -0.2) is 38.8 Å². The number of hydrogen-bond acceptors (Lipinski definition) is 5. The first-order chi connectivity index (χ1) is 10.6. The van der Waals surface area contributed by atoms with Crippen LogP contribution in [0.2, 0.25) is 0 Å². The topological polar surface area (TPSA) is 59.0 Å². The molecule has 6 heteroatoms. The summed E-state index contributed by atoms with van der Waals surface area (Å²) in [6.45, 7) is 5.79. The van der Waals surface area contributed by atoms with Crippen molar-refractivity contribution in [2.75, 3.05) is 13.1 Å². The quantitative estimate of drug-likeness (QED) is 0.873. The molecule has 22 heavy (non-hydrogen) atoms. The van der Waals surface area contributed by atoms with Crippen LogP contribution in [-0.2, 0) is 0 Å². The van der Waals surface area contributed by atoms with E-state index in [4.69, 9.17) is 4.98 Å². The van der Waals surface area contributed by atoms with Gasteiger partial charge in [0.2, 0.25) is 5.82 Å². The number of nitrogens with zero attached hydrogens (tertiary/aromatic N) is 4. The number of piperidine rings is 1. The fourth-order valence-electron chi connectivity index (χ4n) is 2.67. The van der Waals surface area contributed by atoms with E-state index in [1.165, 1.54) is 0 Å². The number of carbonyl (C=O) groups excluding carboxylic acids is 1. The van der Waals surface area contributed by atoms with Crippen molar-refractivity contribution < 1.29 is 4.79 Å². The molecule has 1 atom stereocenters. The van der Waals surface area contributed by atoms with Crippen LogP contribution in [0.5, 0.6) is 0 Å². The number of rotatable bonds is 3. The normalized spacial score (nSPS) is 18.7. The van der Waals surface area contributed by atoms with Crippen LogP contribution in [0.25, 0.3) is 0 Å². The molecule has 0 bridgehead atoms. The van der Waals surface area contributed by atoms with Crippen molar-refractivity contribution in [1.82, 2.24) is 19.9 Å². The van der Waals surface area contributed by atoms with Gasteiger partial charge in [0.1, 0.15) is 0 Å². The van der Waals surface area contributed by atoms with Gasteiger partial charge >= 0.3 is 0 Å². The number of likely N-dealkylation sites (tertiary alicyclic amines) is 1. The SMILES string of the molecule is CC(C)c1csc(C2CCCN(C(=O)c3ncccn3)C2)n1. The van der Waals surface area contributed by atoms with E-state index in [9.17, 15) is 4.79 Å². The first-order valence-electron chi connectivity index (χ1n) is 7.66. The maximum atomic E-state index is 12.5. The third kappa shape index (κ3) is 3.16. The average molecular weight is 316 g/mol. The van der Waals surface area contributed by atoms with E-state index in [1.807, 2.05) is 4.90 Å². The molecule has 0 saturated carbocycles. The summed E-state index contributed by atoms with van der Waals surface area (Å²) in [5.41, 5.74) is 1.15. The van der Waals surface area contributed by atoms with Crippen molar-refractivity contribution in [1.29, 1.82) is 0 Å². The van der Waals surface area contributed by atoms with Gasteiger partial charge in [-0.3, -0.25) is 4.79 Å². The van der Waals surface area contributed by atoms with E-state index in [0.717, 1.165) is 30.1 Å². The summed E-state index contributed by atoms with van der Waals surface area (Å²) in [5, 5.41) is 3.29. The molecule has 5 nitrogen and oxygen atoms in total. The van der Waals surface area contributed by atoms with E-state index in [2.05, 4.69) is 29.2 Å². The summed E-state index contributed by atoms with van der Waals surface area (Å²) >= 11 is 1.71. The van der Waals surface area contributed by atoms with Crippen molar-refractivity contribution in [2.24, 2.45) is 0 Å². The second-order valence-corrected chi connectivity index (χ2v) is 6.82. The van der Waals surface area contributed by atoms with Crippen molar-refractivity contribution in [2.45, 2.75) is 38.5 Å². The van der Waals surface area contributed by atoms with Crippen LogP contribution in [0.4, 0.5) is 0 Å². The van der Waals surface area contributed by atoms with Gasteiger partial charge in [0.25, 0.3) is 5.91 Å². The molecule has 0 aromatic carbocycles. The van der Waals surface area contributed by atoms with E-state index >= 15 is 0 Å². The molecule has 1 aliphatic heterocycles. The molecule has 116 valence electrons. The second-order valence-electron chi connectivity index (χ2n) is 5.93. The lowest BCUT2D eigenvalue weighted by Gasteiger charge is -2.31. The van der Waals surface area contributed by atoms with Gasteiger partial charge in [0.15, 0.2) is 0 Å². The average Bonchev–Trinajstić information content (AvgIpc) is 3.05. The van der Waals surface area contributed by atoms with E-state index in [-0.39, 0.29) is 11.7 Å². The predicted octanol–water partition coefficient (Wildman–Crippen LogP) is 3.08. The molecule has 0 spiro atoms. The van der Waals surface area contributed by atoms with E-state index < -0.39 is 0 Å². The number of hydrogen-bond donors (Lipinski definition) is 0. The Morgan fingerprint density at radius 2 is 2.14 bits per heavy atom. The third-order valence-corrected chi connectivity index (χ3v) is 4.97. The number of amides is 1. The lowest BCUT2D eigenvalue weighted by atomic mass is 9.98. The molecule has 0 aliphatic carbocycles. The molecule has 1 unspecified atom stereocenters. The summed E-state index contributed by atoms with van der Waals surface area (Å²) in [6.07, 6.45) is 5.30. The Bertz CT molecular complexity index is 641. The molecule has 1 amide bonds. The van der Waals surface area contributed by atoms with Gasteiger partial charge in [0.05, 0.1) is 10.7 Å². The van der Waals surface area contributed by atoms with Gasteiger partial charge in [-0.25, -0.2) is 15.0 Å². The Kier molecular flexibility index (Phi) is 4.47. The largest absolute Gasteiger partial charge is 0.335 e. The second kappa shape index (κ2) is 6.52. The summed E-state index contributed by atoms with van der Waals surface area (Å²) in [4.78, 5) is 27.2. The molecule has 0 N–H and O–H groups in total. The van der Waals surface area contributed by atoms with E-state index in [1.54, 1.807) is 29.8 Å². The summed E-state index contributed by atoms with van der Waals surface area (Å²) in [6, 6.07) is 1.72. The zero-order valence-electron chi connectivity index (χ0n) is 12.9. The minimum atomic E-state index is -0.0778. The smallest absolute Gasteiger partial charge is 0.291 e. The zero-order chi connectivity index (χ0) is 15.5. The molecule has 2 aromatic rings. The maximum Gasteiger partial charge on any atom is 0.291 e. The van der Waals surface area contributed by atoms with Crippen LogP contribution in [0.3, 0.4) is 0 Å². The van der Waals surface area contributed by atoms with Crippen LogP contribution in [0.15, 0.2) is 23.8 Å². The third-order valence-electron chi connectivity index (χ3n) is 3.95. The first kappa shape index (κ1) is 15.1. The van der Waals surface area contributed by atoms with E-state index in [0.29, 0.717) is 18.4 Å². The molecule has 1 fully saturated rings. The van der Waals surface area contributed by atoms with Gasteiger partial charge in [0, 0.05) is 36.8 Å². The Labute approximate surface area is 134 Å². The molecule has 3 rings (SSSR count). The molecule has 3 heterocycles. The lowest BCUT2D eigenvalue weighted by Crippen LogP contribution is -2.39. The van der Waals surface area contributed by atoms with Crippen LogP contribution in [0.1, 0.15) is 59.8 Å². The Balaban J connectivity index is 1.72. The summed E-state index contributed by atoms with van der Waals surface area (Å²) in [5.74, 6) is 0.985. The highest BCUT2D eigenvalue weighted by Crippen LogP contribution is 2.31. The van der Waals surface area contributed by atoms with Gasteiger partial charge in [-0.15, -0.1) is 11.3 Å². The number of carbonyl (C=O) groups is 1. The number of aromatic nitrogens is 3. The molecule has 1 aliphatic rings. The van der Waals surface area contributed by atoms with Crippen molar-refractivity contribution in [3.05, 3.63) is 40.4 Å².